The van der Waals surface area contributed by atoms with Gasteiger partial charge in [0.05, 0.1) is 11.1 Å². The van der Waals surface area contributed by atoms with E-state index in [9.17, 15) is 14.7 Å². The van der Waals surface area contributed by atoms with Crippen LogP contribution in [0.3, 0.4) is 0 Å². The van der Waals surface area contributed by atoms with Crippen LogP contribution < -0.4 is 0 Å². The van der Waals surface area contributed by atoms with Crippen LogP contribution in [-0.4, -0.2) is 23.1 Å². The van der Waals surface area contributed by atoms with Crippen molar-refractivity contribution in [1.82, 2.24) is 0 Å². The summed E-state index contributed by atoms with van der Waals surface area (Å²) < 4.78 is 5.48. The molecule has 0 fully saturated rings. The van der Waals surface area contributed by atoms with E-state index in [4.69, 9.17) is 4.74 Å². The molecule has 1 unspecified atom stereocenters. The van der Waals surface area contributed by atoms with Crippen LogP contribution in [0.15, 0.2) is 18.2 Å². The van der Waals surface area contributed by atoms with Crippen LogP contribution in [0, 0.1) is 12.8 Å². The first-order valence-corrected chi connectivity index (χ1v) is 7.40. The number of carbonyl (C=O) groups excluding carboxylic acids is 1. The molecule has 4 nitrogen and oxygen atoms in total. The number of carboxylic acids is 1. The Hall–Kier alpha value is -1.84. The molecule has 1 aromatic rings. The lowest BCUT2D eigenvalue weighted by Crippen LogP contribution is -2.20. The molecule has 116 valence electrons. The van der Waals surface area contributed by atoms with Crippen LogP contribution in [-0.2, 0) is 4.74 Å². The Morgan fingerprint density at radius 3 is 2.43 bits per heavy atom. The van der Waals surface area contributed by atoms with Crippen LogP contribution in [0.25, 0.3) is 0 Å². The average molecular weight is 292 g/mol. The zero-order chi connectivity index (χ0) is 16.0. The maximum atomic E-state index is 12.3. The summed E-state index contributed by atoms with van der Waals surface area (Å²) in [5.74, 6) is -1.10. The van der Waals surface area contributed by atoms with Crippen molar-refractivity contribution in [2.75, 3.05) is 0 Å². The van der Waals surface area contributed by atoms with Crippen LogP contribution in [0.2, 0.25) is 0 Å². The second-order valence-corrected chi connectivity index (χ2v) is 5.71. The monoisotopic (exact) mass is 292 g/mol. The number of aryl methyl sites for hydroxylation is 1. The number of carbonyl (C=O) groups is 2. The lowest BCUT2D eigenvalue weighted by atomic mass is 10.0. The van der Waals surface area contributed by atoms with Gasteiger partial charge >= 0.3 is 11.9 Å². The van der Waals surface area contributed by atoms with Crippen LogP contribution in [0.4, 0.5) is 0 Å². The molecule has 21 heavy (non-hydrogen) atoms. The van der Waals surface area contributed by atoms with Crippen molar-refractivity contribution in [3.05, 3.63) is 34.9 Å². The smallest absolute Gasteiger partial charge is 0.339 e. The molecule has 1 N–H and O–H groups in total. The second kappa shape index (κ2) is 7.81. The van der Waals surface area contributed by atoms with E-state index >= 15 is 0 Å². The number of esters is 1. The number of carboxylic acid groups (broad SMARTS) is 1. The highest BCUT2D eigenvalue weighted by molar-refractivity contribution is 6.03. The van der Waals surface area contributed by atoms with E-state index in [-0.39, 0.29) is 17.2 Å². The van der Waals surface area contributed by atoms with Gasteiger partial charge in [0.25, 0.3) is 0 Å². The predicted octanol–water partition coefficient (Wildman–Crippen LogP) is 4.06. The van der Waals surface area contributed by atoms with Gasteiger partial charge in [-0.25, -0.2) is 9.59 Å². The third-order valence-electron chi connectivity index (χ3n) is 3.50. The summed E-state index contributed by atoms with van der Waals surface area (Å²) in [7, 11) is 0. The summed E-state index contributed by atoms with van der Waals surface area (Å²) in [5, 5.41) is 9.26. The number of hydrogen-bond acceptors (Lipinski definition) is 3. The molecule has 0 amide bonds. The van der Waals surface area contributed by atoms with Crippen molar-refractivity contribution in [1.29, 1.82) is 0 Å². The first kappa shape index (κ1) is 17.2. The maximum absolute atomic E-state index is 12.3. The highest BCUT2D eigenvalue weighted by atomic mass is 16.5. The van der Waals surface area contributed by atoms with Gasteiger partial charge < -0.3 is 9.84 Å². The zero-order valence-corrected chi connectivity index (χ0v) is 13.2. The van der Waals surface area contributed by atoms with Gasteiger partial charge in [0.15, 0.2) is 0 Å². The molecule has 0 aliphatic rings. The number of rotatable bonds is 7. The highest BCUT2D eigenvalue weighted by Crippen LogP contribution is 2.19. The van der Waals surface area contributed by atoms with Gasteiger partial charge in [0, 0.05) is 0 Å². The first-order valence-electron chi connectivity index (χ1n) is 7.40. The molecule has 0 aromatic heterocycles. The first-order chi connectivity index (χ1) is 9.86. The normalized spacial score (nSPS) is 12.2. The van der Waals surface area contributed by atoms with Gasteiger partial charge in [-0.05, 0) is 43.7 Å². The van der Waals surface area contributed by atoms with E-state index in [0.717, 1.165) is 19.3 Å². The molecule has 0 radical (unpaired) electrons. The average Bonchev–Trinajstić information content (AvgIpc) is 2.42. The molecule has 4 heteroatoms. The molecule has 0 saturated carbocycles. The summed E-state index contributed by atoms with van der Waals surface area (Å²) in [4.78, 5) is 23.6. The molecule has 0 bridgehead atoms. The zero-order valence-electron chi connectivity index (χ0n) is 13.2. The Morgan fingerprint density at radius 1 is 1.24 bits per heavy atom. The van der Waals surface area contributed by atoms with E-state index in [0.29, 0.717) is 11.5 Å². The minimum absolute atomic E-state index is 0.0289. The SMILES string of the molecule is CCC(CCC(C)C)OC(=O)c1cccc(C)c1C(=O)O. The summed E-state index contributed by atoms with van der Waals surface area (Å²) in [6, 6.07) is 4.86. The minimum Gasteiger partial charge on any atom is -0.478 e. The molecule has 0 saturated heterocycles. The molecule has 1 atom stereocenters. The maximum Gasteiger partial charge on any atom is 0.339 e. The van der Waals surface area contributed by atoms with E-state index in [1.807, 2.05) is 6.92 Å². The third kappa shape index (κ3) is 4.88. The van der Waals surface area contributed by atoms with Gasteiger partial charge in [-0.3, -0.25) is 0 Å². The highest BCUT2D eigenvalue weighted by Gasteiger charge is 2.22. The van der Waals surface area contributed by atoms with Gasteiger partial charge in [-0.15, -0.1) is 0 Å². The third-order valence-corrected chi connectivity index (χ3v) is 3.50. The Morgan fingerprint density at radius 2 is 1.90 bits per heavy atom. The van der Waals surface area contributed by atoms with Crippen LogP contribution >= 0.6 is 0 Å². The summed E-state index contributed by atoms with van der Waals surface area (Å²) in [5.41, 5.74) is 0.721. The lowest BCUT2D eigenvalue weighted by Gasteiger charge is -2.18. The lowest BCUT2D eigenvalue weighted by molar-refractivity contribution is 0.0255. The van der Waals surface area contributed by atoms with Gasteiger partial charge in [-0.1, -0.05) is 32.9 Å². The Bertz CT molecular complexity index is 506. The molecular formula is C17H24O4. The predicted molar refractivity (Wildman–Crippen MR) is 81.7 cm³/mol. The fraction of sp³-hybridized carbons (Fsp3) is 0.529. The van der Waals surface area contributed by atoms with Gasteiger partial charge in [-0.2, -0.15) is 0 Å². The second-order valence-electron chi connectivity index (χ2n) is 5.71. The fourth-order valence-electron chi connectivity index (χ4n) is 2.20. The van der Waals surface area contributed by atoms with Crippen molar-refractivity contribution in [2.45, 2.75) is 53.1 Å². The molecule has 0 heterocycles. The van der Waals surface area contributed by atoms with E-state index in [1.165, 1.54) is 6.07 Å². The number of ether oxygens (including phenoxy) is 1. The Kier molecular flexibility index (Phi) is 6.40. The van der Waals surface area contributed by atoms with Crippen molar-refractivity contribution < 1.29 is 19.4 Å². The molecule has 0 aliphatic carbocycles. The Labute approximate surface area is 126 Å². The quantitative estimate of drug-likeness (QED) is 0.770. The molecular weight excluding hydrogens is 268 g/mol. The van der Waals surface area contributed by atoms with E-state index < -0.39 is 11.9 Å². The number of aromatic carboxylic acids is 1. The van der Waals surface area contributed by atoms with Gasteiger partial charge in [0.2, 0.25) is 0 Å². The number of benzene rings is 1. The molecule has 1 aromatic carbocycles. The van der Waals surface area contributed by atoms with E-state index in [2.05, 4.69) is 13.8 Å². The van der Waals surface area contributed by atoms with Crippen molar-refractivity contribution in [3.63, 3.8) is 0 Å². The minimum atomic E-state index is -1.10. The number of hydrogen-bond donors (Lipinski definition) is 1. The topological polar surface area (TPSA) is 63.6 Å². The fourth-order valence-corrected chi connectivity index (χ4v) is 2.20. The van der Waals surface area contributed by atoms with Crippen molar-refractivity contribution in [3.8, 4) is 0 Å². The summed E-state index contributed by atoms with van der Waals surface area (Å²) >= 11 is 0. The molecule has 0 spiro atoms. The van der Waals surface area contributed by atoms with E-state index in [1.54, 1.807) is 19.1 Å². The van der Waals surface area contributed by atoms with Crippen molar-refractivity contribution >= 4 is 11.9 Å². The molecule has 0 aliphatic heterocycles. The summed E-state index contributed by atoms with van der Waals surface area (Å²) in [6.07, 6.45) is 2.34. The standard InChI is InChI=1S/C17H24O4/c1-5-13(10-9-11(2)3)21-17(20)14-8-6-7-12(4)15(14)16(18)19/h6-8,11,13H,5,9-10H2,1-4H3,(H,18,19). The van der Waals surface area contributed by atoms with Crippen molar-refractivity contribution in [2.24, 2.45) is 5.92 Å². The van der Waals surface area contributed by atoms with Gasteiger partial charge in [0.1, 0.15) is 6.10 Å². The largest absolute Gasteiger partial charge is 0.478 e. The Balaban J connectivity index is 2.88. The molecule has 1 rings (SSSR count). The van der Waals surface area contributed by atoms with Crippen LogP contribution in [0.1, 0.15) is 66.3 Å². The summed E-state index contributed by atoms with van der Waals surface area (Å²) in [6.45, 7) is 7.89. The van der Waals surface area contributed by atoms with Crippen LogP contribution in [0.5, 0.6) is 0 Å².